The maximum atomic E-state index is 12.6. The molecule has 134 valence electrons. The summed E-state index contributed by atoms with van der Waals surface area (Å²) in [6, 6.07) is 9.29. The summed E-state index contributed by atoms with van der Waals surface area (Å²) in [5.74, 6) is -1.03. The Morgan fingerprint density at radius 3 is 2.38 bits per heavy atom. The number of rotatable bonds is 6. The first-order chi connectivity index (χ1) is 11.4. The van der Waals surface area contributed by atoms with Crippen LogP contribution in [0, 0.1) is 11.8 Å². The third-order valence-electron chi connectivity index (χ3n) is 4.73. The van der Waals surface area contributed by atoms with E-state index in [1.807, 2.05) is 30.3 Å². The van der Waals surface area contributed by atoms with Gasteiger partial charge in [0.2, 0.25) is 5.91 Å². The Kier molecular flexibility index (Phi) is 6.66. The average molecular weight is 342 g/mol. The van der Waals surface area contributed by atoms with Gasteiger partial charge in [0, 0.05) is 6.54 Å². The minimum absolute atomic E-state index is 0.0946. The van der Waals surface area contributed by atoms with Crippen molar-refractivity contribution in [3.63, 3.8) is 0 Å². The Balaban J connectivity index is 1.66. The van der Waals surface area contributed by atoms with Gasteiger partial charge in [-0.05, 0) is 50.6 Å². The van der Waals surface area contributed by atoms with Gasteiger partial charge in [0.25, 0.3) is 0 Å². The fraction of sp³-hybridized carbons (Fsp3) is 0.611. The maximum absolute atomic E-state index is 12.6. The molecule has 1 aliphatic carbocycles. The summed E-state index contributed by atoms with van der Waals surface area (Å²) in [7, 11) is 0. The molecule has 2 rings (SSSR count). The number of hydrogen-bond acceptors (Lipinski definition) is 2. The van der Waals surface area contributed by atoms with Crippen molar-refractivity contribution < 1.29 is 18.0 Å². The highest BCUT2D eigenvalue weighted by Crippen LogP contribution is 2.39. The van der Waals surface area contributed by atoms with E-state index in [2.05, 4.69) is 10.6 Å². The summed E-state index contributed by atoms with van der Waals surface area (Å²) in [6.07, 6.45) is -2.54. The summed E-state index contributed by atoms with van der Waals surface area (Å²) in [6.45, 7) is 2.84. The molecule has 6 heteroatoms. The van der Waals surface area contributed by atoms with E-state index in [1.165, 1.54) is 0 Å². The second-order valence-corrected chi connectivity index (χ2v) is 6.59. The number of alkyl halides is 3. The predicted molar refractivity (Wildman–Crippen MR) is 87.3 cm³/mol. The molecular formula is C18H25F3N2O. The van der Waals surface area contributed by atoms with Crippen LogP contribution >= 0.6 is 0 Å². The molecule has 1 fully saturated rings. The smallest absolute Gasteiger partial charge is 0.351 e. The lowest BCUT2D eigenvalue weighted by atomic mass is 9.81. The van der Waals surface area contributed by atoms with Gasteiger partial charge in [-0.15, -0.1) is 0 Å². The zero-order valence-corrected chi connectivity index (χ0v) is 13.9. The van der Waals surface area contributed by atoms with Gasteiger partial charge in [-0.1, -0.05) is 30.3 Å². The van der Waals surface area contributed by atoms with E-state index in [0.717, 1.165) is 5.56 Å². The van der Waals surface area contributed by atoms with Crippen molar-refractivity contribution in [2.24, 2.45) is 11.8 Å². The van der Waals surface area contributed by atoms with Crippen molar-refractivity contribution in [2.45, 2.75) is 51.4 Å². The number of carbonyl (C=O) groups excluding carboxylic acids is 1. The number of carbonyl (C=O) groups is 1. The lowest BCUT2D eigenvalue weighted by molar-refractivity contribution is -0.183. The third-order valence-corrected chi connectivity index (χ3v) is 4.73. The Hall–Kier alpha value is -1.56. The third kappa shape index (κ3) is 5.82. The molecule has 0 saturated heterocycles. The zero-order chi connectivity index (χ0) is 17.6. The van der Waals surface area contributed by atoms with Crippen LogP contribution in [0.15, 0.2) is 30.3 Å². The molecule has 0 bridgehead atoms. The molecule has 0 spiro atoms. The molecule has 1 saturated carbocycles. The number of amides is 1. The number of benzene rings is 1. The van der Waals surface area contributed by atoms with Crippen molar-refractivity contribution in [1.82, 2.24) is 10.6 Å². The molecule has 2 N–H and O–H groups in total. The lowest BCUT2D eigenvalue weighted by Gasteiger charge is -2.30. The van der Waals surface area contributed by atoms with Crippen LogP contribution in [0.1, 0.15) is 38.2 Å². The first-order valence-corrected chi connectivity index (χ1v) is 8.48. The molecule has 0 radical (unpaired) electrons. The van der Waals surface area contributed by atoms with Crippen molar-refractivity contribution >= 4 is 5.91 Å². The molecule has 0 aliphatic heterocycles. The van der Waals surface area contributed by atoms with Gasteiger partial charge in [0.15, 0.2) is 0 Å². The largest absolute Gasteiger partial charge is 0.391 e. The molecule has 1 aromatic carbocycles. The van der Waals surface area contributed by atoms with Crippen LogP contribution in [0.3, 0.4) is 0 Å². The molecular weight excluding hydrogens is 317 g/mol. The lowest BCUT2D eigenvalue weighted by Crippen LogP contribution is -2.44. The minimum atomic E-state index is -4.07. The monoisotopic (exact) mass is 342 g/mol. The van der Waals surface area contributed by atoms with Gasteiger partial charge in [0.1, 0.15) is 0 Å². The van der Waals surface area contributed by atoms with Crippen LogP contribution in [-0.2, 0) is 11.3 Å². The van der Waals surface area contributed by atoms with Crippen LogP contribution in [0.5, 0.6) is 0 Å². The van der Waals surface area contributed by atoms with Crippen LogP contribution < -0.4 is 10.6 Å². The van der Waals surface area contributed by atoms with Crippen LogP contribution in [0.25, 0.3) is 0 Å². The average Bonchev–Trinajstić information content (AvgIpc) is 2.58. The molecule has 3 nitrogen and oxygen atoms in total. The fourth-order valence-corrected chi connectivity index (χ4v) is 3.07. The van der Waals surface area contributed by atoms with E-state index in [1.54, 1.807) is 6.92 Å². The molecule has 0 heterocycles. The second kappa shape index (κ2) is 8.51. The molecule has 0 aromatic heterocycles. The summed E-state index contributed by atoms with van der Waals surface area (Å²) < 4.78 is 37.9. The first kappa shape index (κ1) is 18.8. The van der Waals surface area contributed by atoms with Crippen molar-refractivity contribution in [3.8, 4) is 0 Å². The molecule has 1 amide bonds. The zero-order valence-electron chi connectivity index (χ0n) is 13.9. The Morgan fingerprint density at radius 2 is 1.79 bits per heavy atom. The van der Waals surface area contributed by atoms with Crippen molar-refractivity contribution in [3.05, 3.63) is 35.9 Å². The number of nitrogens with one attached hydrogen (secondary N) is 2. The normalized spacial score (nSPS) is 22.8. The maximum Gasteiger partial charge on any atom is 0.391 e. The minimum Gasteiger partial charge on any atom is -0.351 e. The summed E-state index contributed by atoms with van der Waals surface area (Å²) in [5.41, 5.74) is 1.03. The predicted octanol–water partition coefficient (Wildman–Crippen LogP) is 3.65. The topological polar surface area (TPSA) is 41.1 Å². The van der Waals surface area contributed by atoms with Gasteiger partial charge >= 0.3 is 6.18 Å². The standard InChI is InChI=1S/C18H25F3N2O/c1-13(17(24)23-12-14-5-3-2-4-6-14)22-11-15-7-9-16(10-8-15)18(19,20)21/h2-6,13,15-16,22H,7-12H2,1H3,(H,23,24). The van der Waals surface area contributed by atoms with Gasteiger partial charge in [-0.3, -0.25) is 4.79 Å². The van der Waals surface area contributed by atoms with Crippen molar-refractivity contribution in [2.75, 3.05) is 6.54 Å². The molecule has 1 unspecified atom stereocenters. The Labute approximate surface area is 141 Å². The highest BCUT2D eigenvalue weighted by Gasteiger charge is 2.41. The van der Waals surface area contributed by atoms with Crippen LogP contribution in [0.2, 0.25) is 0 Å². The van der Waals surface area contributed by atoms with Gasteiger partial charge in [-0.25, -0.2) is 0 Å². The van der Waals surface area contributed by atoms with E-state index in [9.17, 15) is 18.0 Å². The fourth-order valence-electron chi connectivity index (χ4n) is 3.07. The Morgan fingerprint density at radius 1 is 1.17 bits per heavy atom. The van der Waals surface area contributed by atoms with Gasteiger partial charge in [-0.2, -0.15) is 13.2 Å². The van der Waals surface area contributed by atoms with Gasteiger partial charge in [0.05, 0.1) is 12.0 Å². The van der Waals surface area contributed by atoms with E-state index in [0.29, 0.717) is 25.9 Å². The second-order valence-electron chi connectivity index (χ2n) is 6.59. The van der Waals surface area contributed by atoms with E-state index < -0.39 is 12.1 Å². The molecule has 1 aliphatic rings. The molecule has 1 aromatic rings. The highest BCUT2D eigenvalue weighted by atomic mass is 19.4. The highest BCUT2D eigenvalue weighted by molar-refractivity contribution is 5.81. The summed E-state index contributed by atoms with van der Waals surface area (Å²) in [5, 5.41) is 6.01. The first-order valence-electron chi connectivity index (χ1n) is 8.48. The summed E-state index contributed by atoms with van der Waals surface area (Å²) >= 11 is 0. The van der Waals surface area contributed by atoms with Crippen LogP contribution in [0.4, 0.5) is 13.2 Å². The molecule has 1 atom stereocenters. The van der Waals surface area contributed by atoms with Crippen molar-refractivity contribution in [1.29, 1.82) is 0 Å². The van der Waals surface area contributed by atoms with Crippen LogP contribution in [-0.4, -0.2) is 24.7 Å². The van der Waals surface area contributed by atoms with E-state index >= 15 is 0 Å². The SMILES string of the molecule is CC(NCC1CCC(C(F)(F)F)CC1)C(=O)NCc1ccccc1. The summed E-state index contributed by atoms with van der Waals surface area (Å²) in [4.78, 5) is 12.1. The number of hydrogen-bond donors (Lipinski definition) is 2. The van der Waals surface area contributed by atoms with Gasteiger partial charge < -0.3 is 10.6 Å². The van der Waals surface area contributed by atoms with E-state index in [-0.39, 0.29) is 30.7 Å². The quantitative estimate of drug-likeness (QED) is 0.828. The van der Waals surface area contributed by atoms with E-state index in [4.69, 9.17) is 0 Å². The number of halogens is 3. The Bertz CT molecular complexity index is 511. The molecule has 24 heavy (non-hydrogen) atoms.